The topological polar surface area (TPSA) is 64.6 Å². The molecular formula is C31H41N3O2S. The summed E-state index contributed by atoms with van der Waals surface area (Å²) in [6.45, 7) is 12.5. The largest absolute Gasteiger partial charge is 0.507 e. The number of nitrogens with zero attached hydrogens (tertiary/aromatic N) is 1. The summed E-state index contributed by atoms with van der Waals surface area (Å²) >= 11 is 1.64. The quantitative estimate of drug-likeness (QED) is 0.210. The van der Waals surface area contributed by atoms with Gasteiger partial charge in [-0.05, 0) is 112 Å². The van der Waals surface area contributed by atoms with Crippen molar-refractivity contribution in [2.75, 3.05) is 32.7 Å². The molecule has 2 fully saturated rings. The summed E-state index contributed by atoms with van der Waals surface area (Å²) in [6, 6.07) is 6.37. The van der Waals surface area contributed by atoms with Crippen molar-refractivity contribution in [2.45, 2.75) is 58.4 Å². The molecule has 1 aromatic heterocycles. The van der Waals surface area contributed by atoms with Gasteiger partial charge in [-0.3, -0.25) is 9.69 Å². The first-order valence-corrected chi connectivity index (χ1v) is 14.4. The van der Waals surface area contributed by atoms with E-state index in [2.05, 4.69) is 48.1 Å². The molecule has 1 aromatic carbocycles. The minimum atomic E-state index is 0.233. The summed E-state index contributed by atoms with van der Waals surface area (Å²) in [5.41, 5.74) is 5.46. The van der Waals surface area contributed by atoms with E-state index in [1.54, 1.807) is 11.3 Å². The number of allylic oxidation sites excluding steroid dienone is 4. The minimum Gasteiger partial charge on any atom is -0.507 e. The van der Waals surface area contributed by atoms with Gasteiger partial charge in [0.1, 0.15) is 5.75 Å². The Morgan fingerprint density at radius 1 is 1.24 bits per heavy atom. The average molecular weight is 520 g/mol. The molecule has 2 saturated heterocycles. The number of ketones is 1. The van der Waals surface area contributed by atoms with Gasteiger partial charge in [0, 0.05) is 40.4 Å². The van der Waals surface area contributed by atoms with Gasteiger partial charge < -0.3 is 15.7 Å². The molecule has 3 heterocycles. The molecule has 3 N–H and O–H groups in total. The maximum absolute atomic E-state index is 12.8. The van der Waals surface area contributed by atoms with Crippen molar-refractivity contribution in [3.8, 4) is 5.75 Å². The number of hydrogen-bond donors (Lipinski definition) is 3. The number of carbonyl (C=O) groups is 1. The molecule has 6 heteroatoms. The monoisotopic (exact) mass is 519 g/mol. The highest BCUT2D eigenvalue weighted by Crippen LogP contribution is 2.36. The second-order valence-corrected chi connectivity index (χ2v) is 11.3. The van der Waals surface area contributed by atoms with Crippen LogP contribution >= 0.6 is 11.3 Å². The lowest BCUT2D eigenvalue weighted by atomic mass is 9.98. The van der Waals surface area contributed by atoms with Gasteiger partial charge in [0.2, 0.25) is 0 Å². The van der Waals surface area contributed by atoms with E-state index in [0.29, 0.717) is 18.3 Å². The fourth-order valence-corrected chi connectivity index (χ4v) is 6.17. The number of benzene rings is 1. The number of phenolic OH excluding ortho intramolecular Hbond substituents is 1. The third-order valence-electron chi connectivity index (χ3n) is 7.47. The normalized spacial score (nSPS) is 21.5. The molecule has 2 aliphatic rings. The van der Waals surface area contributed by atoms with Crippen molar-refractivity contribution in [2.24, 2.45) is 0 Å². The van der Waals surface area contributed by atoms with Gasteiger partial charge in [0.05, 0.1) is 6.54 Å². The maximum Gasteiger partial charge on any atom is 0.169 e. The average Bonchev–Trinajstić information content (AvgIpc) is 3.22. The fourth-order valence-electron chi connectivity index (χ4n) is 5.38. The first kappa shape index (κ1) is 27.4. The molecule has 0 amide bonds. The molecule has 4 rings (SSSR count). The zero-order valence-electron chi connectivity index (χ0n) is 22.3. The summed E-state index contributed by atoms with van der Waals surface area (Å²) in [5, 5.41) is 20.9. The predicted octanol–water partition coefficient (Wildman–Crippen LogP) is 6.18. The van der Waals surface area contributed by atoms with E-state index in [9.17, 15) is 9.90 Å². The highest BCUT2D eigenvalue weighted by molar-refractivity contribution is 7.17. The molecular weight excluding hydrogens is 478 g/mol. The molecule has 37 heavy (non-hydrogen) atoms. The molecule has 0 bridgehead atoms. The van der Waals surface area contributed by atoms with E-state index in [4.69, 9.17) is 0 Å². The van der Waals surface area contributed by atoms with Crippen LogP contribution in [0.2, 0.25) is 0 Å². The van der Waals surface area contributed by atoms with Crippen LogP contribution in [0.1, 0.15) is 57.9 Å². The number of nitrogens with one attached hydrogen (secondary N) is 2. The Bertz CT molecular complexity index is 1200. The summed E-state index contributed by atoms with van der Waals surface area (Å²) in [6.07, 6.45) is 12.1. The number of carbonyl (C=O) groups excluding carboxylic acids is 1. The van der Waals surface area contributed by atoms with Gasteiger partial charge in [0.25, 0.3) is 0 Å². The van der Waals surface area contributed by atoms with Gasteiger partial charge in [0.15, 0.2) is 5.78 Å². The number of hydrogen-bond acceptors (Lipinski definition) is 6. The second kappa shape index (κ2) is 13.2. The van der Waals surface area contributed by atoms with Crippen LogP contribution in [0.15, 0.2) is 65.2 Å². The molecule has 198 valence electrons. The Labute approximate surface area is 225 Å². The van der Waals surface area contributed by atoms with Gasteiger partial charge in [-0.1, -0.05) is 11.6 Å². The highest BCUT2D eigenvalue weighted by Gasteiger charge is 2.22. The summed E-state index contributed by atoms with van der Waals surface area (Å²) in [4.78, 5) is 15.1. The van der Waals surface area contributed by atoms with E-state index < -0.39 is 0 Å². The number of fused-ring (bicyclic) bond motifs is 1. The molecule has 0 unspecified atom stereocenters. The molecule has 0 aliphatic carbocycles. The standard InChI is InChI=1S/C31H41N3O2S/c1-4-7-25(18-22(2)23(3)28-10-11-30-29(31(28)36)13-17-37-30)33-26-9-6-16-34(20-26)21-27(35)19-24-8-5-14-32-15-12-24/h4,10-11,13,17-19,26,32-33,36H,1,5-9,12,14-16,20-21H2,2-3H3/b23-22+,24-19-,25-18+/t26-/m1/s1. The van der Waals surface area contributed by atoms with E-state index in [1.165, 1.54) is 5.57 Å². The fraction of sp³-hybridized carbons (Fsp3) is 0.452. The lowest BCUT2D eigenvalue weighted by molar-refractivity contribution is -0.116. The van der Waals surface area contributed by atoms with Crippen molar-refractivity contribution in [1.29, 1.82) is 0 Å². The van der Waals surface area contributed by atoms with Gasteiger partial charge >= 0.3 is 0 Å². The zero-order chi connectivity index (χ0) is 26.2. The van der Waals surface area contributed by atoms with Crippen LogP contribution in [-0.4, -0.2) is 54.6 Å². The Kier molecular flexibility index (Phi) is 9.78. The number of aromatic hydroxyl groups is 1. The molecule has 2 aromatic rings. The Balaban J connectivity index is 1.42. The molecule has 2 aliphatic heterocycles. The Morgan fingerprint density at radius 2 is 2.11 bits per heavy atom. The van der Waals surface area contributed by atoms with Crippen LogP contribution in [0.3, 0.4) is 0 Å². The summed E-state index contributed by atoms with van der Waals surface area (Å²) in [7, 11) is 0. The minimum absolute atomic E-state index is 0.233. The van der Waals surface area contributed by atoms with Gasteiger partial charge in [-0.2, -0.15) is 0 Å². The Morgan fingerprint density at radius 3 is 2.95 bits per heavy atom. The first-order chi connectivity index (χ1) is 17.9. The number of rotatable bonds is 9. The molecule has 5 nitrogen and oxygen atoms in total. The third-order valence-corrected chi connectivity index (χ3v) is 8.35. The van der Waals surface area contributed by atoms with Crippen molar-refractivity contribution in [3.63, 3.8) is 0 Å². The number of phenols is 1. The first-order valence-electron chi connectivity index (χ1n) is 13.5. The zero-order valence-corrected chi connectivity index (χ0v) is 23.1. The Hall–Kier alpha value is -2.67. The van der Waals surface area contributed by atoms with Crippen molar-refractivity contribution in [1.82, 2.24) is 15.5 Å². The van der Waals surface area contributed by atoms with E-state index in [1.807, 2.05) is 29.7 Å². The van der Waals surface area contributed by atoms with E-state index in [-0.39, 0.29) is 5.78 Å². The number of likely N-dealkylation sites (tertiary alicyclic amines) is 1. The molecule has 0 spiro atoms. The van der Waals surface area contributed by atoms with E-state index in [0.717, 1.165) is 97.2 Å². The van der Waals surface area contributed by atoms with E-state index >= 15 is 0 Å². The number of piperidine rings is 1. The van der Waals surface area contributed by atoms with Crippen molar-refractivity contribution >= 4 is 32.8 Å². The molecule has 0 radical (unpaired) electrons. The predicted molar refractivity (Wildman–Crippen MR) is 157 cm³/mol. The van der Waals surface area contributed by atoms with Crippen LogP contribution in [0.5, 0.6) is 5.75 Å². The van der Waals surface area contributed by atoms with Gasteiger partial charge in [-0.25, -0.2) is 0 Å². The second-order valence-electron chi connectivity index (χ2n) is 10.4. The van der Waals surface area contributed by atoms with Crippen molar-refractivity contribution < 1.29 is 9.90 Å². The third kappa shape index (κ3) is 7.44. The lowest BCUT2D eigenvalue weighted by Gasteiger charge is -2.33. The van der Waals surface area contributed by atoms with Gasteiger partial charge in [-0.15, -0.1) is 17.9 Å². The number of thiophene rings is 1. The van der Waals surface area contributed by atoms with Crippen LogP contribution in [0.4, 0.5) is 0 Å². The maximum atomic E-state index is 12.8. The summed E-state index contributed by atoms with van der Waals surface area (Å²) < 4.78 is 1.10. The lowest BCUT2D eigenvalue weighted by Crippen LogP contribution is -2.46. The van der Waals surface area contributed by atoms with Crippen LogP contribution < -0.4 is 10.6 Å². The van der Waals surface area contributed by atoms with Crippen LogP contribution in [0, 0.1) is 0 Å². The van der Waals surface area contributed by atoms with Crippen molar-refractivity contribution in [3.05, 3.63) is 70.8 Å². The highest BCUT2D eigenvalue weighted by atomic mass is 32.1. The van der Waals surface area contributed by atoms with Crippen LogP contribution in [-0.2, 0) is 4.79 Å². The van der Waals surface area contributed by atoms with Crippen LogP contribution in [0.25, 0.3) is 15.7 Å². The SMILES string of the molecule is C=CC/C(=C\C(C)=C(/C)c1ccc2sccc2c1O)N[C@@H]1CCCN(CC(=O)/C=C2/CCCNCC2)C1. The summed E-state index contributed by atoms with van der Waals surface area (Å²) in [5.74, 6) is 0.584. The molecule has 1 atom stereocenters. The molecule has 0 saturated carbocycles. The smallest absolute Gasteiger partial charge is 0.169 e.